The first-order valence-corrected chi connectivity index (χ1v) is 11.9. The van der Waals surface area contributed by atoms with Gasteiger partial charge in [0.05, 0.1) is 11.4 Å². The molecule has 1 fully saturated rings. The van der Waals surface area contributed by atoms with Crippen molar-refractivity contribution in [1.29, 1.82) is 0 Å². The van der Waals surface area contributed by atoms with E-state index in [1.54, 1.807) is 0 Å². The fourth-order valence-electron chi connectivity index (χ4n) is 4.39. The van der Waals surface area contributed by atoms with Gasteiger partial charge in [0.1, 0.15) is 0 Å². The minimum atomic E-state index is 0.643. The number of halogens is 1. The normalized spacial score (nSPS) is 17.8. The third kappa shape index (κ3) is 4.80. The van der Waals surface area contributed by atoms with Gasteiger partial charge in [-0.3, -0.25) is 0 Å². The molecule has 0 spiro atoms. The van der Waals surface area contributed by atoms with Crippen molar-refractivity contribution in [2.24, 2.45) is 0 Å². The topological polar surface area (TPSA) is 63.9 Å². The average molecular weight is 452 g/mol. The van der Waals surface area contributed by atoms with Gasteiger partial charge in [0.25, 0.3) is 0 Å². The summed E-state index contributed by atoms with van der Waals surface area (Å²) in [7, 11) is 1.98. The molecule has 4 rings (SSSR count). The maximum absolute atomic E-state index is 6.42. The van der Waals surface area contributed by atoms with Crippen LogP contribution in [0.15, 0.2) is 42.6 Å². The third-order valence-electron chi connectivity index (χ3n) is 6.48. The van der Waals surface area contributed by atoms with Crippen molar-refractivity contribution in [3.8, 4) is 0 Å². The lowest BCUT2D eigenvalue weighted by molar-refractivity contribution is 0.351. The number of anilines is 2. The molecule has 0 amide bonds. The van der Waals surface area contributed by atoms with Crippen molar-refractivity contribution in [3.05, 3.63) is 70.2 Å². The molecule has 2 aromatic rings. The number of benzene rings is 1. The molecule has 2 aliphatic rings. The van der Waals surface area contributed by atoms with Crippen molar-refractivity contribution in [1.82, 2.24) is 20.9 Å². The number of aromatic nitrogens is 1. The summed E-state index contributed by atoms with van der Waals surface area (Å²) < 4.78 is 0. The number of hydrogen-bond donors (Lipinski definition) is 5. The number of allylic oxidation sites excluding steroid dienone is 2. The van der Waals surface area contributed by atoms with Crippen molar-refractivity contribution in [2.75, 3.05) is 32.0 Å². The summed E-state index contributed by atoms with van der Waals surface area (Å²) in [6.45, 7) is 9.05. The van der Waals surface area contributed by atoms with Crippen LogP contribution in [0.3, 0.4) is 0 Å². The molecule has 1 aromatic carbocycles. The summed E-state index contributed by atoms with van der Waals surface area (Å²) in [5.41, 5.74) is 9.16. The van der Waals surface area contributed by atoms with Crippen LogP contribution >= 0.6 is 11.6 Å². The fourth-order valence-corrected chi connectivity index (χ4v) is 4.57. The maximum Gasteiger partial charge on any atom is 0.0720 e. The molecule has 5 nitrogen and oxygen atoms in total. The molecule has 2 aliphatic heterocycles. The second kappa shape index (κ2) is 10.4. The van der Waals surface area contributed by atoms with Crippen LogP contribution in [0.5, 0.6) is 0 Å². The van der Waals surface area contributed by atoms with E-state index in [1.165, 1.54) is 23.3 Å². The number of dihydropyridines is 1. The molecule has 1 saturated heterocycles. The van der Waals surface area contributed by atoms with Crippen molar-refractivity contribution >= 4 is 34.6 Å². The zero-order chi connectivity index (χ0) is 22.5. The number of likely N-dealkylation sites (N-methyl/N-ethyl adjacent to an activating group) is 1. The summed E-state index contributed by atoms with van der Waals surface area (Å²) in [6, 6.07) is 6.63. The first-order chi connectivity index (χ1) is 15.6. The standard InChI is InChI=1S/C26H34ClN5/c1-4-20-24(12-13-28-3)32-26(25(20)31-23-7-5-6-22(27)17(23)2)21-11-14-29-16-18(21)8-9-19-10-15-30-19/h4-7,11,16,19,28-32H,1,8-10,12-15H2,2-3H3. The third-order valence-corrected chi connectivity index (χ3v) is 6.89. The van der Waals surface area contributed by atoms with Crippen LogP contribution in [0.2, 0.25) is 5.02 Å². The van der Waals surface area contributed by atoms with E-state index in [9.17, 15) is 0 Å². The number of rotatable bonds is 10. The Morgan fingerprint density at radius 3 is 2.84 bits per heavy atom. The quantitative estimate of drug-likeness (QED) is 0.347. The van der Waals surface area contributed by atoms with Gasteiger partial charge in [-0.25, -0.2) is 0 Å². The van der Waals surface area contributed by atoms with Gasteiger partial charge in [0.15, 0.2) is 0 Å². The van der Waals surface area contributed by atoms with Gasteiger partial charge in [-0.1, -0.05) is 36.4 Å². The Hall–Kier alpha value is -2.47. The fraction of sp³-hybridized carbons (Fsp3) is 0.385. The maximum atomic E-state index is 6.42. The van der Waals surface area contributed by atoms with E-state index in [2.05, 4.69) is 51.2 Å². The zero-order valence-corrected chi connectivity index (χ0v) is 19.8. The molecule has 6 heteroatoms. The molecule has 0 aliphatic carbocycles. The van der Waals surface area contributed by atoms with Crippen LogP contribution in [0.4, 0.5) is 11.4 Å². The first-order valence-electron chi connectivity index (χ1n) is 11.5. The highest BCUT2D eigenvalue weighted by atomic mass is 35.5. The monoisotopic (exact) mass is 451 g/mol. The Balaban J connectivity index is 1.72. The smallest absolute Gasteiger partial charge is 0.0720 e. The Labute approximate surface area is 196 Å². The highest BCUT2D eigenvalue weighted by molar-refractivity contribution is 6.31. The summed E-state index contributed by atoms with van der Waals surface area (Å²) in [6.07, 6.45) is 10.8. The Bertz CT molecular complexity index is 1030. The van der Waals surface area contributed by atoms with E-state index >= 15 is 0 Å². The van der Waals surface area contributed by atoms with Crippen LogP contribution in [0, 0.1) is 6.92 Å². The summed E-state index contributed by atoms with van der Waals surface area (Å²) in [4.78, 5) is 3.75. The van der Waals surface area contributed by atoms with E-state index in [-0.39, 0.29) is 0 Å². The van der Waals surface area contributed by atoms with Crippen LogP contribution in [-0.4, -0.2) is 37.7 Å². The highest BCUT2D eigenvalue weighted by Gasteiger charge is 2.24. The predicted molar refractivity (Wildman–Crippen MR) is 138 cm³/mol. The van der Waals surface area contributed by atoms with Crippen LogP contribution in [0.1, 0.15) is 41.8 Å². The Kier molecular flexibility index (Phi) is 7.40. The molecule has 0 radical (unpaired) electrons. The molecule has 1 atom stereocenters. The van der Waals surface area contributed by atoms with Crippen LogP contribution in [0.25, 0.3) is 11.6 Å². The minimum absolute atomic E-state index is 0.643. The Morgan fingerprint density at radius 1 is 1.28 bits per heavy atom. The zero-order valence-electron chi connectivity index (χ0n) is 19.1. The molecule has 5 N–H and O–H groups in total. The number of hydrogen-bond acceptors (Lipinski definition) is 4. The molecule has 1 unspecified atom stereocenters. The summed E-state index contributed by atoms with van der Waals surface area (Å²) in [5.74, 6) is 0. The van der Waals surface area contributed by atoms with E-state index < -0.39 is 0 Å². The Morgan fingerprint density at radius 2 is 2.12 bits per heavy atom. The number of H-pyrrole nitrogens is 1. The van der Waals surface area contributed by atoms with Gasteiger partial charge >= 0.3 is 0 Å². The van der Waals surface area contributed by atoms with Crippen molar-refractivity contribution in [2.45, 2.75) is 38.6 Å². The molecule has 0 saturated carbocycles. The van der Waals surface area contributed by atoms with Gasteiger partial charge < -0.3 is 26.3 Å². The average Bonchev–Trinajstić information content (AvgIpc) is 3.11. The van der Waals surface area contributed by atoms with Crippen molar-refractivity contribution in [3.63, 3.8) is 0 Å². The number of aromatic amines is 1. The van der Waals surface area contributed by atoms with Gasteiger partial charge in [-0.15, -0.1) is 0 Å². The molecular formula is C26H34ClN5. The lowest BCUT2D eigenvalue weighted by Gasteiger charge is -2.28. The van der Waals surface area contributed by atoms with Gasteiger partial charge in [0.2, 0.25) is 0 Å². The summed E-state index contributed by atoms with van der Waals surface area (Å²) >= 11 is 6.42. The SMILES string of the molecule is C=Cc1c(CCNC)[nH]c(C2=CCNC=C2CCC2CCN2)c1Nc1cccc(Cl)c1C. The molecule has 32 heavy (non-hydrogen) atoms. The molecular weight excluding hydrogens is 418 g/mol. The minimum Gasteiger partial charge on any atom is -0.387 e. The van der Waals surface area contributed by atoms with Crippen molar-refractivity contribution < 1.29 is 0 Å². The van der Waals surface area contributed by atoms with Crippen LogP contribution in [-0.2, 0) is 6.42 Å². The van der Waals surface area contributed by atoms with E-state index in [4.69, 9.17) is 11.6 Å². The lowest BCUT2D eigenvalue weighted by atomic mass is 9.92. The van der Waals surface area contributed by atoms with E-state index in [0.29, 0.717) is 6.04 Å². The molecule has 1 aromatic heterocycles. The second-order valence-corrected chi connectivity index (χ2v) is 8.94. The van der Waals surface area contributed by atoms with E-state index in [1.807, 2.05) is 32.2 Å². The lowest BCUT2D eigenvalue weighted by Crippen LogP contribution is -2.42. The van der Waals surface area contributed by atoms with Gasteiger partial charge in [-0.05, 0) is 63.0 Å². The molecule has 3 heterocycles. The van der Waals surface area contributed by atoms with E-state index in [0.717, 1.165) is 72.1 Å². The van der Waals surface area contributed by atoms with Gasteiger partial charge in [0, 0.05) is 59.3 Å². The molecule has 170 valence electrons. The second-order valence-electron chi connectivity index (χ2n) is 8.54. The largest absolute Gasteiger partial charge is 0.387 e. The highest BCUT2D eigenvalue weighted by Crippen LogP contribution is 2.39. The predicted octanol–water partition coefficient (Wildman–Crippen LogP) is 5.14. The molecule has 0 bridgehead atoms. The van der Waals surface area contributed by atoms with Gasteiger partial charge in [-0.2, -0.15) is 0 Å². The number of nitrogens with one attached hydrogen (secondary N) is 5. The first kappa shape index (κ1) is 22.7. The van der Waals surface area contributed by atoms with Crippen LogP contribution < -0.4 is 21.3 Å². The summed E-state index contributed by atoms with van der Waals surface area (Å²) in [5, 5.41) is 14.6.